The summed E-state index contributed by atoms with van der Waals surface area (Å²) in [6.07, 6.45) is 2.49. The highest BCUT2D eigenvalue weighted by Gasteiger charge is 2.08. The van der Waals surface area contributed by atoms with Gasteiger partial charge in [-0.15, -0.1) is 11.3 Å². The van der Waals surface area contributed by atoms with Crippen molar-refractivity contribution in [2.75, 3.05) is 6.54 Å². The molecule has 7 heteroatoms. The zero-order valence-electron chi connectivity index (χ0n) is 15.1. The molecule has 3 aromatic rings. The van der Waals surface area contributed by atoms with Crippen molar-refractivity contribution >= 4 is 17.3 Å². The normalized spacial score (nSPS) is 11.9. The summed E-state index contributed by atoms with van der Waals surface area (Å²) in [6, 6.07) is 9.98. The van der Waals surface area contributed by atoms with E-state index in [1.807, 2.05) is 24.3 Å². The van der Waals surface area contributed by atoms with Gasteiger partial charge in [-0.3, -0.25) is 0 Å². The Bertz CT molecular complexity index is 792. The number of rotatable bonds is 8. The van der Waals surface area contributed by atoms with Gasteiger partial charge in [0.2, 0.25) is 0 Å². The van der Waals surface area contributed by atoms with Gasteiger partial charge in [-0.05, 0) is 29.5 Å². The van der Waals surface area contributed by atoms with E-state index in [0.29, 0.717) is 12.5 Å². The first-order valence-electron chi connectivity index (χ1n) is 8.73. The molecule has 0 aliphatic rings. The van der Waals surface area contributed by atoms with Crippen molar-refractivity contribution in [1.29, 1.82) is 0 Å². The molecule has 26 heavy (non-hydrogen) atoms. The van der Waals surface area contributed by atoms with Crippen LogP contribution in [0.3, 0.4) is 0 Å². The third kappa shape index (κ3) is 5.49. The molecule has 0 saturated heterocycles. The van der Waals surface area contributed by atoms with Gasteiger partial charge < -0.3 is 19.6 Å². The Morgan fingerprint density at radius 3 is 2.85 bits per heavy atom. The molecule has 0 bridgehead atoms. The van der Waals surface area contributed by atoms with Gasteiger partial charge in [-0.1, -0.05) is 25.1 Å². The summed E-state index contributed by atoms with van der Waals surface area (Å²) in [4.78, 5) is 5.88. The number of aromatic nitrogens is 1. The van der Waals surface area contributed by atoms with Gasteiger partial charge in [0.15, 0.2) is 11.7 Å². The highest BCUT2D eigenvalue weighted by molar-refractivity contribution is 7.09. The molecular formula is C19H24N4O2S. The first-order valence-corrected chi connectivity index (χ1v) is 9.61. The predicted octanol–water partition coefficient (Wildman–Crippen LogP) is 3.93. The fourth-order valence-electron chi connectivity index (χ4n) is 2.35. The number of nitrogens with one attached hydrogen (secondary N) is 2. The lowest BCUT2D eigenvalue weighted by Crippen LogP contribution is -2.37. The maximum atomic E-state index is 5.37. The summed E-state index contributed by atoms with van der Waals surface area (Å²) in [7, 11) is 0. The lowest BCUT2D eigenvalue weighted by molar-refractivity contribution is 0.376. The Balaban J connectivity index is 1.58. The largest absolute Gasteiger partial charge is 0.469 e. The lowest BCUT2D eigenvalue weighted by Gasteiger charge is -2.11. The van der Waals surface area contributed by atoms with Crippen molar-refractivity contribution < 1.29 is 8.94 Å². The Kier molecular flexibility index (Phi) is 6.49. The van der Waals surface area contributed by atoms with Crippen LogP contribution < -0.4 is 10.6 Å². The van der Waals surface area contributed by atoms with E-state index < -0.39 is 0 Å². The Morgan fingerprint density at radius 2 is 2.15 bits per heavy atom. The molecule has 0 fully saturated rings. The third-order valence-electron chi connectivity index (χ3n) is 3.82. The molecule has 0 spiro atoms. The second kappa shape index (κ2) is 9.24. The van der Waals surface area contributed by atoms with E-state index in [-0.39, 0.29) is 0 Å². The summed E-state index contributed by atoms with van der Waals surface area (Å²) < 4.78 is 10.7. The Morgan fingerprint density at radius 1 is 1.23 bits per heavy atom. The van der Waals surface area contributed by atoms with E-state index in [4.69, 9.17) is 8.94 Å². The van der Waals surface area contributed by atoms with E-state index in [2.05, 4.69) is 46.1 Å². The average Bonchev–Trinajstić information content (AvgIpc) is 3.39. The molecule has 3 heterocycles. The molecule has 0 unspecified atom stereocenters. The number of hydrogen-bond donors (Lipinski definition) is 2. The monoisotopic (exact) mass is 372 g/mol. The lowest BCUT2D eigenvalue weighted by atomic mass is 10.1. The molecule has 2 N–H and O–H groups in total. The number of aliphatic imine (C=N–C) groups is 1. The molecule has 0 amide bonds. The molecule has 0 atom stereocenters. The van der Waals surface area contributed by atoms with Crippen LogP contribution in [-0.4, -0.2) is 17.7 Å². The summed E-state index contributed by atoms with van der Waals surface area (Å²) in [6.45, 7) is 6.10. The van der Waals surface area contributed by atoms with Crippen molar-refractivity contribution in [3.05, 3.63) is 64.1 Å². The summed E-state index contributed by atoms with van der Waals surface area (Å²) in [5, 5.41) is 12.9. The van der Waals surface area contributed by atoms with Crippen molar-refractivity contribution in [1.82, 2.24) is 15.8 Å². The van der Waals surface area contributed by atoms with Gasteiger partial charge in [0.25, 0.3) is 0 Å². The summed E-state index contributed by atoms with van der Waals surface area (Å²) >= 11 is 1.72. The standard InChI is InChI=1S/C19H24N4O2S/c1-14(2)18-11-16(25-23-18)12-21-19(22-13-17-6-4-10-26-17)20-8-7-15-5-3-9-24-15/h3-6,9-11,14H,7-8,12-13H2,1-2H3,(H2,20,21,22). The van der Waals surface area contributed by atoms with Crippen molar-refractivity contribution in [2.24, 2.45) is 4.99 Å². The van der Waals surface area contributed by atoms with Gasteiger partial charge >= 0.3 is 0 Å². The molecule has 3 rings (SSSR count). The number of nitrogens with zero attached hydrogens (tertiary/aromatic N) is 2. The highest BCUT2D eigenvalue weighted by Crippen LogP contribution is 2.14. The van der Waals surface area contributed by atoms with Gasteiger partial charge in [-0.25, -0.2) is 4.99 Å². The molecule has 0 radical (unpaired) electrons. The minimum atomic E-state index is 0.347. The van der Waals surface area contributed by atoms with E-state index in [1.54, 1.807) is 17.6 Å². The second-order valence-corrected chi connectivity index (χ2v) is 7.26. The maximum absolute atomic E-state index is 5.37. The molecular weight excluding hydrogens is 348 g/mol. The average molecular weight is 372 g/mol. The number of guanidine groups is 1. The fourth-order valence-corrected chi connectivity index (χ4v) is 2.99. The topological polar surface area (TPSA) is 75.6 Å². The Labute approximate surface area is 157 Å². The smallest absolute Gasteiger partial charge is 0.192 e. The first-order chi connectivity index (χ1) is 12.7. The SMILES string of the molecule is CC(C)c1cc(CN=C(NCCc2ccco2)NCc2cccs2)on1. The third-order valence-corrected chi connectivity index (χ3v) is 4.69. The molecule has 0 aromatic carbocycles. The molecule has 0 saturated carbocycles. The van der Waals surface area contributed by atoms with E-state index >= 15 is 0 Å². The van der Waals surface area contributed by atoms with Crippen molar-refractivity contribution in [3.8, 4) is 0 Å². The highest BCUT2D eigenvalue weighted by atomic mass is 32.1. The van der Waals surface area contributed by atoms with E-state index in [1.165, 1.54) is 4.88 Å². The Hall–Kier alpha value is -2.54. The van der Waals surface area contributed by atoms with E-state index in [9.17, 15) is 0 Å². The molecule has 138 valence electrons. The van der Waals surface area contributed by atoms with Crippen LogP contribution in [0.25, 0.3) is 0 Å². The number of thiophene rings is 1. The quantitative estimate of drug-likeness (QED) is 0.463. The van der Waals surface area contributed by atoms with Gasteiger partial charge in [-0.2, -0.15) is 0 Å². The van der Waals surface area contributed by atoms with Gasteiger partial charge in [0.05, 0.1) is 18.5 Å². The molecule has 0 aliphatic carbocycles. The predicted molar refractivity (Wildman–Crippen MR) is 103 cm³/mol. The van der Waals surface area contributed by atoms with Crippen LogP contribution in [0.4, 0.5) is 0 Å². The van der Waals surface area contributed by atoms with Crippen molar-refractivity contribution in [3.63, 3.8) is 0 Å². The van der Waals surface area contributed by atoms with Crippen LogP contribution in [0.1, 0.15) is 41.9 Å². The summed E-state index contributed by atoms with van der Waals surface area (Å²) in [5.74, 6) is 2.80. The minimum absolute atomic E-state index is 0.347. The van der Waals surface area contributed by atoms with Crippen LogP contribution in [-0.2, 0) is 19.5 Å². The molecule has 3 aromatic heterocycles. The number of furan rings is 1. The maximum Gasteiger partial charge on any atom is 0.192 e. The van der Waals surface area contributed by atoms with Crippen LogP contribution >= 0.6 is 11.3 Å². The number of hydrogen-bond acceptors (Lipinski definition) is 5. The van der Waals surface area contributed by atoms with Crippen LogP contribution in [0.5, 0.6) is 0 Å². The van der Waals surface area contributed by atoms with Crippen LogP contribution in [0.2, 0.25) is 0 Å². The van der Waals surface area contributed by atoms with E-state index in [0.717, 1.165) is 42.7 Å². The zero-order chi connectivity index (χ0) is 18.2. The van der Waals surface area contributed by atoms with Crippen molar-refractivity contribution in [2.45, 2.75) is 39.3 Å². The van der Waals surface area contributed by atoms with Gasteiger partial charge in [0, 0.05) is 23.9 Å². The molecule has 6 nitrogen and oxygen atoms in total. The molecule has 0 aliphatic heterocycles. The zero-order valence-corrected chi connectivity index (χ0v) is 15.9. The van der Waals surface area contributed by atoms with Gasteiger partial charge in [0.1, 0.15) is 12.3 Å². The second-order valence-electron chi connectivity index (χ2n) is 6.23. The summed E-state index contributed by atoms with van der Waals surface area (Å²) in [5.41, 5.74) is 0.953. The minimum Gasteiger partial charge on any atom is -0.469 e. The van der Waals surface area contributed by atoms with Crippen LogP contribution in [0.15, 0.2) is 55.9 Å². The van der Waals surface area contributed by atoms with Crippen LogP contribution in [0, 0.1) is 0 Å². The fraction of sp³-hybridized carbons (Fsp3) is 0.368. The first kappa shape index (κ1) is 18.3.